The number of likely N-dealkylation sites (tertiary alicyclic amines) is 1. The molecule has 0 bridgehead atoms. The van der Waals surface area contributed by atoms with Crippen LogP contribution in [0.3, 0.4) is 0 Å². The monoisotopic (exact) mass is 249 g/mol. The second kappa shape index (κ2) is 4.72. The van der Waals surface area contributed by atoms with Crippen molar-refractivity contribution >= 4 is 5.91 Å². The van der Waals surface area contributed by atoms with Crippen molar-refractivity contribution in [1.29, 1.82) is 0 Å². The van der Waals surface area contributed by atoms with Crippen LogP contribution in [0.4, 0.5) is 0 Å². The molecule has 18 heavy (non-hydrogen) atoms. The Hall–Kier alpha value is -1.36. The van der Waals surface area contributed by atoms with Crippen molar-refractivity contribution in [3.8, 4) is 0 Å². The minimum atomic E-state index is 0.00891. The van der Waals surface area contributed by atoms with Gasteiger partial charge in [-0.3, -0.25) is 4.79 Å². The Balaban J connectivity index is 1.76. The summed E-state index contributed by atoms with van der Waals surface area (Å²) in [4.78, 5) is 14.4. The summed E-state index contributed by atoms with van der Waals surface area (Å²) in [6.45, 7) is 3.70. The van der Waals surface area contributed by atoms with E-state index in [-0.39, 0.29) is 18.0 Å². The number of amides is 1. The van der Waals surface area contributed by atoms with Crippen LogP contribution in [0.25, 0.3) is 0 Å². The molecule has 0 saturated carbocycles. The van der Waals surface area contributed by atoms with Gasteiger partial charge in [-0.15, -0.1) is 0 Å². The molecule has 2 atom stereocenters. The summed E-state index contributed by atoms with van der Waals surface area (Å²) in [6, 6.07) is 2.04. The van der Waals surface area contributed by atoms with Crippen molar-refractivity contribution < 1.29 is 9.32 Å². The molecule has 2 aliphatic heterocycles. The van der Waals surface area contributed by atoms with E-state index in [1.807, 2.05) is 17.9 Å². The highest BCUT2D eigenvalue weighted by Crippen LogP contribution is 2.33. The standard InChI is InChI=1S/C13H19N3O2/c1-9-8-12(18-15-9)11-5-3-7-16(11)13(17)10-4-2-6-14-10/h8,10-11,14H,2-7H2,1H3. The molecule has 1 N–H and O–H groups in total. The van der Waals surface area contributed by atoms with Crippen molar-refractivity contribution in [2.75, 3.05) is 13.1 Å². The quantitative estimate of drug-likeness (QED) is 0.860. The zero-order valence-electron chi connectivity index (χ0n) is 10.7. The van der Waals surface area contributed by atoms with Crippen molar-refractivity contribution in [2.45, 2.75) is 44.7 Å². The molecule has 3 rings (SSSR count). The Morgan fingerprint density at radius 1 is 1.50 bits per heavy atom. The molecule has 0 aromatic carbocycles. The normalized spacial score (nSPS) is 27.9. The van der Waals surface area contributed by atoms with Crippen molar-refractivity contribution in [2.24, 2.45) is 0 Å². The van der Waals surface area contributed by atoms with Crippen LogP contribution in [0.5, 0.6) is 0 Å². The van der Waals surface area contributed by atoms with Gasteiger partial charge in [0.1, 0.15) is 0 Å². The smallest absolute Gasteiger partial charge is 0.240 e. The average molecular weight is 249 g/mol. The SMILES string of the molecule is Cc1cc(C2CCCN2C(=O)C2CCCN2)on1. The average Bonchev–Trinajstić information content (AvgIpc) is 3.09. The third-order valence-electron chi connectivity index (χ3n) is 3.87. The predicted molar refractivity (Wildman–Crippen MR) is 66.0 cm³/mol. The van der Waals surface area contributed by atoms with Crippen molar-refractivity contribution in [3.05, 3.63) is 17.5 Å². The molecule has 0 radical (unpaired) electrons. The Kier molecular flexibility index (Phi) is 3.07. The van der Waals surface area contributed by atoms with E-state index in [0.29, 0.717) is 0 Å². The van der Waals surface area contributed by atoms with E-state index in [4.69, 9.17) is 4.52 Å². The van der Waals surface area contributed by atoms with Gasteiger partial charge in [-0.05, 0) is 39.2 Å². The molecule has 2 fully saturated rings. The van der Waals surface area contributed by atoms with Crippen LogP contribution in [-0.4, -0.2) is 35.1 Å². The first-order valence-corrected chi connectivity index (χ1v) is 6.73. The first kappa shape index (κ1) is 11.7. The summed E-state index contributed by atoms with van der Waals surface area (Å²) in [5.41, 5.74) is 0.878. The minimum absolute atomic E-state index is 0.00891. The number of carbonyl (C=O) groups excluding carboxylic acids is 1. The van der Waals surface area contributed by atoms with Crippen LogP contribution < -0.4 is 5.32 Å². The number of nitrogens with one attached hydrogen (secondary N) is 1. The number of rotatable bonds is 2. The maximum Gasteiger partial charge on any atom is 0.240 e. The summed E-state index contributed by atoms with van der Waals surface area (Å²) < 4.78 is 5.33. The first-order valence-electron chi connectivity index (χ1n) is 6.73. The molecule has 1 aromatic heterocycles. The molecule has 98 valence electrons. The molecule has 2 aliphatic rings. The van der Waals surface area contributed by atoms with Crippen LogP contribution in [0, 0.1) is 6.92 Å². The maximum atomic E-state index is 12.4. The van der Waals surface area contributed by atoms with Crippen molar-refractivity contribution in [1.82, 2.24) is 15.4 Å². The molecule has 1 amide bonds. The van der Waals surface area contributed by atoms with Gasteiger partial charge in [0.2, 0.25) is 5.91 Å². The van der Waals surface area contributed by atoms with Gasteiger partial charge in [0, 0.05) is 12.6 Å². The molecule has 3 heterocycles. The first-order chi connectivity index (χ1) is 8.75. The Labute approximate surface area is 107 Å². The van der Waals surface area contributed by atoms with Crippen LogP contribution in [0.2, 0.25) is 0 Å². The fraction of sp³-hybridized carbons (Fsp3) is 0.692. The molecule has 1 aromatic rings. The highest BCUT2D eigenvalue weighted by Gasteiger charge is 2.36. The summed E-state index contributed by atoms with van der Waals surface area (Å²) in [7, 11) is 0. The largest absolute Gasteiger partial charge is 0.359 e. The summed E-state index contributed by atoms with van der Waals surface area (Å²) in [6.07, 6.45) is 4.07. The fourth-order valence-corrected chi connectivity index (χ4v) is 2.96. The van der Waals surface area contributed by atoms with Crippen LogP contribution >= 0.6 is 0 Å². The lowest BCUT2D eigenvalue weighted by Crippen LogP contribution is -2.43. The third kappa shape index (κ3) is 2.03. The van der Waals surface area contributed by atoms with E-state index >= 15 is 0 Å². The predicted octanol–water partition coefficient (Wildman–Crippen LogP) is 1.40. The topological polar surface area (TPSA) is 58.4 Å². The Bertz CT molecular complexity index is 437. The van der Waals surface area contributed by atoms with E-state index < -0.39 is 0 Å². The summed E-state index contributed by atoms with van der Waals surface area (Å²) >= 11 is 0. The van der Waals surface area contributed by atoms with Crippen LogP contribution in [-0.2, 0) is 4.79 Å². The lowest BCUT2D eigenvalue weighted by Gasteiger charge is -2.25. The van der Waals surface area contributed by atoms with E-state index in [9.17, 15) is 4.79 Å². The van der Waals surface area contributed by atoms with E-state index in [1.165, 1.54) is 0 Å². The van der Waals surface area contributed by atoms with E-state index in [2.05, 4.69) is 10.5 Å². The Morgan fingerprint density at radius 3 is 3.06 bits per heavy atom. The van der Waals surface area contributed by atoms with Gasteiger partial charge in [-0.2, -0.15) is 0 Å². The number of carbonyl (C=O) groups is 1. The molecular weight excluding hydrogens is 230 g/mol. The van der Waals surface area contributed by atoms with Gasteiger partial charge < -0.3 is 14.7 Å². The number of aromatic nitrogens is 1. The highest BCUT2D eigenvalue weighted by molar-refractivity contribution is 5.82. The zero-order chi connectivity index (χ0) is 12.5. The molecule has 2 unspecified atom stereocenters. The summed E-state index contributed by atoms with van der Waals surface area (Å²) in [5, 5.41) is 7.20. The molecule has 0 spiro atoms. The lowest BCUT2D eigenvalue weighted by atomic mass is 10.1. The van der Waals surface area contributed by atoms with Gasteiger partial charge in [0.15, 0.2) is 5.76 Å². The van der Waals surface area contributed by atoms with Gasteiger partial charge >= 0.3 is 0 Å². The second-order valence-corrected chi connectivity index (χ2v) is 5.21. The highest BCUT2D eigenvalue weighted by atomic mass is 16.5. The minimum Gasteiger partial charge on any atom is -0.359 e. The molecule has 2 saturated heterocycles. The van der Waals surface area contributed by atoms with Crippen molar-refractivity contribution in [3.63, 3.8) is 0 Å². The lowest BCUT2D eigenvalue weighted by molar-refractivity contribution is -0.134. The molecule has 5 heteroatoms. The van der Waals surface area contributed by atoms with E-state index in [1.54, 1.807) is 0 Å². The van der Waals surface area contributed by atoms with Gasteiger partial charge in [-0.1, -0.05) is 5.16 Å². The number of nitrogens with zero attached hydrogens (tertiary/aromatic N) is 2. The van der Waals surface area contributed by atoms with Gasteiger partial charge in [0.25, 0.3) is 0 Å². The van der Waals surface area contributed by atoms with E-state index in [0.717, 1.165) is 50.2 Å². The van der Waals surface area contributed by atoms with Crippen LogP contribution in [0.15, 0.2) is 10.6 Å². The fourth-order valence-electron chi connectivity index (χ4n) is 2.96. The molecule has 0 aliphatic carbocycles. The third-order valence-corrected chi connectivity index (χ3v) is 3.87. The summed E-state index contributed by atoms with van der Waals surface area (Å²) in [5.74, 6) is 1.06. The molecule has 5 nitrogen and oxygen atoms in total. The van der Waals surface area contributed by atoms with Gasteiger partial charge in [-0.25, -0.2) is 0 Å². The second-order valence-electron chi connectivity index (χ2n) is 5.21. The molecular formula is C13H19N3O2. The maximum absolute atomic E-state index is 12.4. The number of hydrogen-bond donors (Lipinski definition) is 1. The van der Waals surface area contributed by atoms with Gasteiger partial charge in [0.05, 0.1) is 17.8 Å². The Morgan fingerprint density at radius 2 is 2.39 bits per heavy atom. The van der Waals surface area contributed by atoms with Crippen LogP contribution in [0.1, 0.15) is 43.2 Å². The number of aryl methyl sites for hydroxylation is 1. The number of hydrogen-bond acceptors (Lipinski definition) is 4. The zero-order valence-corrected chi connectivity index (χ0v) is 10.7.